The highest BCUT2D eigenvalue weighted by atomic mass is 32.2. The summed E-state index contributed by atoms with van der Waals surface area (Å²) in [6.45, 7) is 4.53. The Morgan fingerprint density at radius 3 is 2.29 bits per heavy atom. The quantitative estimate of drug-likeness (QED) is 0.646. The number of carbonyl (C=O) groups is 1. The number of methoxy groups -OCH3 is 1. The van der Waals surface area contributed by atoms with E-state index in [1.165, 1.54) is 17.5 Å². The molecule has 0 aromatic heterocycles. The van der Waals surface area contributed by atoms with E-state index in [9.17, 15) is 13.2 Å². The largest absolute Gasteiger partial charge is 0.495 e. The van der Waals surface area contributed by atoms with Crippen LogP contribution in [-0.4, -0.2) is 65.1 Å². The normalized spacial score (nSPS) is 17.7. The minimum Gasteiger partial charge on any atom is -0.495 e. The molecule has 8 nitrogen and oxygen atoms in total. The van der Waals surface area contributed by atoms with E-state index in [0.29, 0.717) is 25.2 Å². The number of rotatable bonds is 7. The smallest absolute Gasteiger partial charge is 0.251 e. The highest BCUT2D eigenvalue weighted by Crippen LogP contribution is 2.29. The summed E-state index contributed by atoms with van der Waals surface area (Å²) in [5.41, 5.74) is 2.40. The Hall–Kier alpha value is -2.62. The molecule has 34 heavy (non-hydrogen) atoms. The Bertz CT molecular complexity index is 1070. The fourth-order valence-electron chi connectivity index (χ4n) is 4.37. The fraction of sp³-hybridized carbons (Fsp3) is 0.480. The van der Waals surface area contributed by atoms with Crippen LogP contribution in [0, 0.1) is 0 Å². The van der Waals surface area contributed by atoms with Crippen LogP contribution in [0.2, 0.25) is 0 Å². The summed E-state index contributed by atoms with van der Waals surface area (Å²) in [4.78, 5) is 15.2. The summed E-state index contributed by atoms with van der Waals surface area (Å²) in [7, 11) is -2.31. The number of amides is 1. The molecule has 1 N–H and O–H groups in total. The topological polar surface area (TPSA) is 88.2 Å². The maximum atomic E-state index is 13.3. The SMILES string of the molecule is COc1ccc(C(=O)NCc2ccc(N3CCOCC3)cc2)cc1S(=O)(=O)N1CCCCCC1. The third-order valence-corrected chi connectivity index (χ3v) is 8.29. The molecule has 2 saturated heterocycles. The number of carbonyl (C=O) groups excluding carboxylic acids is 1. The van der Waals surface area contributed by atoms with Crippen molar-refractivity contribution in [3.05, 3.63) is 53.6 Å². The average molecular weight is 488 g/mol. The molecule has 0 atom stereocenters. The molecule has 0 saturated carbocycles. The maximum absolute atomic E-state index is 13.3. The van der Waals surface area contributed by atoms with E-state index in [0.717, 1.165) is 63.2 Å². The number of ether oxygens (including phenoxy) is 2. The summed E-state index contributed by atoms with van der Waals surface area (Å²) in [6.07, 6.45) is 3.73. The van der Waals surface area contributed by atoms with Crippen LogP contribution < -0.4 is 15.0 Å². The van der Waals surface area contributed by atoms with Crippen molar-refractivity contribution in [1.82, 2.24) is 9.62 Å². The van der Waals surface area contributed by atoms with E-state index in [1.54, 1.807) is 12.1 Å². The van der Waals surface area contributed by atoms with Gasteiger partial charge in [0.05, 0.1) is 20.3 Å². The molecule has 0 aliphatic carbocycles. The minimum atomic E-state index is -3.75. The molecule has 2 aliphatic heterocycles. The van der Waals surface area contributed by atoms with Gasteiger partial charge in [-0.3, -0.25) is 4.79 Å². The van der Waals surface area contributed by atoms with E-state index < -0.39 is 10.0 Å². The lowest BCUT2D eigenvalue weighted by atomic mass is 10.1. The molecule has 9 heteroatoms. The lowest BCUT2D eigenvalue weighted by Gasteiger charge is -2.28. The standard InChI is InChI=1S/C25H33N3O5S/c1-32-23-11-8-21(18-24(23)34(30,31)28-12-4-2-3-5-13-28)25(29)26-19-20-6-9-22(10-7-20)27-14-16-33-17-15-27/h6-11,18H,2-5,12-17,19H2,1H3,(H,26,29). The molecule has 2 fully saturated rings. The van der Waals surface area contributed by atoms with E-state index in [-0.39, 0.29) is 16.6 Å². The number of sulfonamides is 1. The maximum Gasteiger partial charge on any atom is 0.251 e. The summed E-state index contributed by atoms with van der Waals surface area (Å²) in [6, 6.07) is 12.7. The predicted molar refractivity (Wildman–Crippen MR) is 131 cm³/mol. The molecule has 0 spiro atoms. The number of morpholine rings is 1. The summed E-state index contributed by atoms with van der Waals surface area (Å²) in [5.74, 6) is -0.0771. The van der Waals surface area contributed by atoms with Crippen molar-refractivity contribution in [2.45, 2.75) is 37.1 Å². The zero-order chi connectivity index (χ0) is 24.0. The summed E-state index contributed by atoms with van der Waals surface area (Å²) < 4.78 is 38.9. The van der Waals surface area contributed by atoms with Crippen LogP contribution in [0.4, 0.5) is 5.69 Å². The van der Waals surface area contributed by atoms with Gasteiger partial charge in [0.2, 0.25) is 10.0 Å². The van der Waals surface area contributed by atoms with Gasteiger partial charge in [0, 0.05) is 44.0 Å². The van der Waals surface area contributed by atoms with Crippen molar-refractivity contribution in [2.24, 2.45) is 0 Å². The average Bonchev–Trinajstić information content (AvgIpc) is 3.18. The first-order chi connectivity index (χ1) is 16.5. The van der Waals surface area contributed by atoms with E-state index in [4.69, 9.17) is 9.47 Å². The molecule has 184 valence electrons. The lowest BCUT2D eigenvalue weighted by Crippen LogP contribution is -2.36. The van der Waals surface area contributed by atoms with Crippen molar-refractivity contribution in [3.8, 4) is 5.75 Å². The first kappa shape index (κ1) is 24.5. The van der Waals surface area contributed by atoms with Crippen LogP contribution in [0.5, 0.6) is 5.75 Å². The third kappa shape index (κ3) is 5.71. The van der Waals surface area contributed by atoms with E-state index in [1.807, 2.05) is 24.3 Å². The number of nitrogens with one attached hydrogen (secondary N) is 1. The fourth-order valence-corrected chi connectivity index (χ4v) is 6.07. The molecule has 4 rings (SSSR count). The zero-order valence-corrected chi connectivity index (χ0v) is 20.5. The summed E-state index contributed by atoms with van der Waals surface area (Å²) >= 11 is 0. The Morgan fingerprint density at radius 1 is 0.971 bits per heavy atom. The second-order valence-electron chi connectivity index (χ2n) is 8.63. The highest BCUT2D eigenvalue weighted by molar-refractivity contribution is 7.89. The second-order valence-corrected chi connectivity index (χ2v) is 10.5. The van der Waals surface area contributed by atoms with E-state index >= 15 is 0 Å². The molecule has 0 unspecified atom stereocenters. The van der Waals surface area contributed by atoms with Crippen LogP contribution >= 0.6 is 0 Å². The predicted octanol–water partition coefficient (Wildman–Crippen LogP) is 3.03. The molecule has 2 aromatic carbocycles. The number of hydrogen-bond donors (Lipinski definition) is 1. The van der Waals surface area contributed by atoms with Crippen LogP contribution in [0.15, 0.2) is 47.4 Å². The highest BCUT2D eigenvalue weighted by Gasteiger charge is 2.29. The van der Waals surface area contributed by atoms with Crippen molar-refractivity contribution >= 4 is 21.6 Å². The Kier molecular flexibility index (Phi) is 8.07. The van der Waals surface area contributed by atoms with Gasteiger partial charge in [-0.1, -0.05) is 25.0 Å². The number of benzene rings is 2. The van der Waals surface area contributed by atoms with Gasteiger partial charge in [-0.2, -0.15) is 4.31 Å². The van der Waals surface area contributed by atoms with Crippen LogP contribution in [-0.2, 0) is 21.3 Å². The van der Waals surface area contributed by atoms with Crippen molar-refractivity contribution in [1.29, 1.82) is 0 Å². The number of anilines is 1. The lowest BCUT2D eigenvalue weighted by molar-refractivity contribution is 0.0950. The van der Waals surface area contributed by atoms with Gasteiger partial charge in [0.1, 0.15) is 10.6 Å². The second kappa shape index (κ2) is 11.2. The molecule has 2 heterocycles. The van der Waals surface area contributed by atoms with Crippen LogP contribution in [0.3, 0.4) is 0 Å². The Labute approximate surface area is 201 Å². The Balaban J connectivity index is 1.45. The zero-order valence-electron chi connectivity index (χ0n) is 19.7. The number of hydrogen-bond acceptors (Lipinski definition) is 6. The molecular weight excluding hydrogens is 454 g/mol. The summed E-state index contributed by atoms with van der Waals surface area (Å²) in [5, 5.41) is 2.90. The van der Waals surface area contributed by atoms with Crippen LogP contribution in [0.25, 0.3) is 0 Å². The molecule has 0 radical (unpaired) electrons. The van der Waals surface area contributed by atoms with Gasteiger partial charge in [-0.15, -0.1) is 0 Å². The van der Waals surface area contributed by atoms with Crippen molar-refractivity contribution in [3.63, 3.8) is 0 Å². The monoisotopic (exact) mass is 487 g/mol. The van der Waals surface area contributed by atoms with Crippen molar-refractivity contribution < 1.29 is 22.7 Å². The van der Waals surface area contributed by atoms with Gasteiger partial charge >= 0.3 is 0 Å². The van der Waals surface area contributed by atoms with Gasteiger partial charge in [-0.05, 0) is 48.7 Å². The van der Waals surface area contributed by atoms with Gasteiger partial charge in [0.25, 0.3) is 5.91 Å². The molecule has 1 amide bonds. The van der Waals surface area contributed by atoms with E-state index in [2.05, 4.69) is 10.2 Å². The molecule has 2 aromatic rings. The minimum absolute atomic E-state index is 0.0411. The first-order valence-electron chi connectivity index (χ1n) is 11.9. The van der Waals surface area contributed by atoms with Gasteiger partial charge in [-0.25, -0.2) is 8.42 Å². The van der Waals surface area contributed by atoms with Gasteiger partial charge < -0.3 is 19.7 Å². The van der Waals surface area contributed by atoms with Gasteiger partial charge in [0.15, 0.2) is 0 Å². The molecule has 0 bridgehead atoms. The Morgan fingerprint density at radius 2 is 1.65 bits per heavy atom. The molecule has 2 aliphatic rings. The molecular formula is C25H33N3O5S. The first-order valence-corrected chi connectivity index (χ1v) is 13.3. The number of nitrogens with zero attached hydrogens (tertiary/aromatic N) is 2. The van der Waals surface area contributed by atoms with Crippen molar-refractivity contribution in [2.75, 3.05) is 51.4 Å². The third-order valence-electron chi connectivity index (χ3n) is 6.37. The van der Waals surface area contributed by atoms with Crippen LogP contribution in [0.1, 0.15) is 41.6 Å².